The summed E-state index contributed by atoms with van der Waals surface area (Å²) >= 11 is 0. The number of benzene rings is 1. The van der Waals surface area contributed by atoms with Crippen molar-refractivity contribution < 1.29 is 0 Å². The van der Waals surface area contributed by atoms with E-state index < -0.39 is 0 Å². The Morgan fingerprint density at radius 2 is 2.11 bits per heavy atom. The Morgan fingerprint density at radius 3 is 2.74 bits per heavy atom. The number of rotatable bonds is 4. The van der Waals surface area contributed by atoms with Gasteiger partial charge in [0, 0.05) is 6.54 Å². The van der Waals surface area contributed by atoms with E-state index in [1.165, 1.54) is 25.9 Å². The molecule has 0 radical (unpaired) electrons. The fraction of sp³-hybridized carbons (Fsp3) is 0.562. The summed E-state index contributed by atoms with van der Waals surface area (Å²) in [5, 5.41) is 12.6. The molecule has 1 aromatic carbocycles. The Balaban J connectivity index is 1.88. The zero-order valence-corrected chi connectivity index (χ0v) is 11.9. The van der Waals surface area contributed by atoms with Gasteiger partial charge in [0.25, 0.3) is 0 Å². The second-order valence-electron chi connectivity index (χ2n) is 5.42. The van der Waals surface area contributed by atoms with Crippen molar-refractivity contribution in [2.75, 3.05) is 31.5 Å². The van der Waals surface area contributed by atoms with E-state index in [0.29, 0.717) is 0 Å². The zero-order chi connectivity index (χ0) is 13.7. The predicted octanol–water partition coefficient (Wildman–Crippen LogP) is 3.01. The third kappa shape index (κ3) is 3.71. The first-order valence-electron chi connectivity index (χ1n) is 7.20. The van der Waals surface area contributed by atoms with Crippen molar-refractivity contribution in [2.24, 2.45) is 5.92 Å². The molecule has 0 bridgehead atoms. The first kappa shape index (κ1) is 13.9. The molecular weight excluding hydrogens is 234 g/mol. The Hall–Kier alpha value is -1.53. The van der Waals surface area contributed by atoms with E-state index in [1.807, 2.05) is 19.1 Å². The molecule has 1 saturated heterocycles. The number of anilines is 1. The number of likely N-dealkylation sites (tertiary alicyclic amines) is 1. The lowest BCUT2D eigenvalue weighted by Gasteiger charge is -2.31. The molecule has 0 aliphatic carbocycles. The molecule has 0 unspecified atom stereocenters. The van der Waals surface area contributed by atoms with Crippen LogP contribution in [0.3, 0.4) is 0 Å². The van der Waals surface area contributed by atoms with E-state index in [-0.39, 0.29) is 0 Å². The van der Waals surface area contributed by atoms with Crippen molar-refractivity contribution in [3.63, 3.8) is 0 Å². The molecule has 19 heavy (non-hydrogen) atoms. The molecule has 1 aliphatic heterocycles. The molecule has 0 spiro atoms. The molecule has 2 rings (SSSR count). The van der Waals surface area contributed by atoms with E-state index in [2.05, 4.69) is 29.3 Å². The van der Waals surface area contributed by atoms with Crippen LogP contribution in [0.4, 0.5) is 5.69 Å². The molecule has 0 saturated carbocycles. The molecule has 1 aliphatic rings. The van der Waals surface area contributed by atoms with Crippen molar-refractivity contribution in [1.29, 1.82) is 5.26 Å². The van der Waals surface area contributed by atoms with Crippen LogP contribution in [0, 0.1) is 24.2 Å². The molecule has 1 N–H and O–H groups in total. The number of nitrogens with zero attached hydrogens (tertiary/aromatic N) is 2. The van der Waals surface area contributed by atoms with Gasteiger partial charge in [0.15, 0.2) is 0 Å². The lowest BCUT2D eigenvalue weighted by molar-refractivity contribution is 0.198. The molecule has 0 amide bonds. The highest BCUT2D eigenvalue weighted by Crippen LogP contribution is 2.20. The topological polar surface area (TPSA) is 39.1 Å². The second-order valence-corrected chi connectivity index (χ2v) is 5.42. The van der Waals surface area contributed by atoms with Gasteiger partial charge in [0.2, 0.25) is 0 Å². The quantitative estimate of drug-likeness (QED) is 0.901. The summed E-state index contributed by atoms with van der Waals surface area (Å²) in [5.74, 6) is 0.732. The van der Waals surface area contributed by atoms with Gasteiger partial charge in [0.05, 0.1) is 11.3 Å². The fourth-order valence-corrected chi connectivity index (χ4v) is 2.67. The molecule has 3 heteroatoms. The summed E-state index contributed by atoms with van der Waals surface area (Å²) in [6, 6.07) is 8.30. The molecular formula is C16H23N3. The largest absolute Gasteiger partial charge is 0.384 e. The number of aryl methyl sites for hydroxylation is 1. The fourth-order valence-electron chi connectivity index (χ4n) is 2.67. The van der Waals surface area contributed by atoms with Crippen LogP contribution in [0.1, 0.15) is 30.9 Å². The minimum absolute atomic E-state index is 0.732. The van der Waals surface area contributed by atoms with Crippen LogP contribution in [-0.4, -0.2) is 31.1 Å². The molecule has 1 heterocycles. The summed E-state index contributed by atoms with van der Waals surface area (Å²) in [4.78, 5) is 2.50. The minimum atomic E-state index is 0.732. The molecule has 3 nitrogen and oxygen atoms in total. The van der Waals surface area contributed by atoms with Crippen LogP contribution < -0.4 is 5.32 Å². The summed E-state index contributed by atoms with van der Waals surface area (Å²) < 4.78 is 0. The Labute approximate surface area is 116 Å². The number of nitrogens with one attached hydrogen (secondary N) is 1. The highest BCUT2D eigenvalue weighted by Gasteiger charge is 2.17. The Kier molecular flexibility index (Phi) is 4.81. The molecule has 102 valence electrons. The molecule has 0 aromatic heterocycles. The Morgan fingerprint density at radius 1 is 1.37 bits per heavy atom. The van der Waals surface area contributed by atoms with Crippen LogP contribution in [0.25, 0.3) is 0 Å². The number of nitriles is 1. The highest BCUT2D eigenvalue weighted by atomic mass is 15.1. The average Bonchev–Trinajstić information content (AvgIpc) is 2.46. The maximum absolute atomic E-state index is 9.15. The summed E-state index contributed by atoms with van der Waals surface area (Å²) in [6.07, 6.45) is 2.52. The third-order valence-electron chi connectivity index (χ3n) is 4.03. The van der Waals surface area contributed by atoms with Gasteiger partial charge in [-0.2, -0.15) is 5.26 Å². The van der Waals surface area contributed by atoms with Crippen LogP contribution in [0.5, 0.6) is 0 Å². The molecule has 1 fully saturated rings. The van der Waals surface area contributed by atoms with Crippen LogP contribution in [-0.2, 0) is 0 Å². The Bertz CT molecular complexity index is 454. The molecule has 0 atom stereocenters. The van der Waals surface area contributed by atoms with Gasteiger partial charge in [-0.25, -0.2) is 0 Å². The van der Waals surface area contributed by atoms with Crippen molar-refractivity contribution >= 4 is 5.69 Å². The SMILES string of the molecule is CCN1CCC(CNc2ccc(C)cc2C#N)CC1. The van der Waals surface area contributed by atoms with E-state index in [0.717, 1.165) is 35.8 Å². The smallest absolute Gasteiger partial charge is 0.101 e. The van der Waals surface area contributed by atoms with Gasteiger partial charge in [-0.15, -0.1) is 0 Å². The first-order chi connectivity index (χ1) is 9.22. The van der Waals surface area contributed by atoms with E-state index in [9.17, 15) is 0 Å². The lowest BCUT2D eigenvalue weighted by atomic mass is 9.96. The predicted molar refractivity (Wildman–Crippen MR) is 79.2 cm³/mol. The maximum atomic E-state index is 9.15. The van der Waals surface area contributed by atoms with E-state index in [1.54, 1.807) is 0 Å². The van der Waals surface area contributed by atoms with Crippen molar-refractivity contribution in [2.45, 2.75) is 26.7 Å². The summed E-state index contributed by atoms with van der Waals surface area (Å²) in [7, 11) is 0. The third-order valence-corrected chi connectivity index (χ3v) is 4.03. The summed E-state index contributed by atoms with van der Waals surface area (Å²) in [5.41, 5.74) is 2.87. The standard InChI is InChI=1S/C16H23N3/c1-3-19-8-6-14(7-9-19)12-18-16-5-4-13(2)10-15(16)11-17/h4-5,10,14,18H,3,6-9,12H2,1-2H3. The van der Waals surface area contributed by atoms with Gasteiger partial charge in [0.1, 0.15) is 6.07 Å². The van der Waals surface area contributed by atoms with Crippen molar-refractivity contribution in [3.05, 3.63) is 29.3 Å². The highest BCUT2D eigenvalue weighted by molar-refractivity contribution is 5.58. The molecule has 1 aromatic rings. The van der Waals surface area contributed by atoms with Crippen molar-refractivity contribution in [1.82, 2.24) is 4.90 Å². The van der Waals surface area contributed by atoms with Crippen LogP contribution >= 0.6 is 0 Å². The van der Waals surface area contributed by atoms with Gasteiger partial charge in [-0.1, -0.05) is 13.0 Å². The lowest BCUT2D eigenvalue weighted by Crippen LogP contribution is -2.35. The first-order valence-corrected chi connectivity index (χ1v) is 7.20. The van der Waals surface area contributed by atoms with Gasteiger partial charge in [-0.05, 0) is 63.0 Å². The normalized spacial score (nSPS) is 17.1. The zero-order valence-electron chi connectivity index (χ0n) is 11.9. The van der Waals surface area contributed by atoms with Crippen molar-refractivity contribution in [3.8, 4) is 6.07 Å². The monoisotopic (exact) mass is 257 g/mol. The minimum Gasteiger partial charge on any atom is -0.384 e. The number of piperidine rings is 1. The van der Waals surface area contributed by atoms with E-state index >= 15 is 0 Å². The second kappa shape index (κ2) is 6.58. The van der Waals surface area contributed by atoms with Gasteiger partial charge < -0.3 is 10.2 Å². The van der Waals surface area contributed by atoms with Gasteiger partial charge >= 0.3 is 0 Å². The average molecular weight is 257 g/mol. The number of hydrogen-bond donors (Lipinski definition) is 1. The number of hydrogen-bond acceptors (Lipinski definition) is 3. The van der Waals surface area contributed by atoms with Crippen LogP contribution in [0.2, 0.25) is 0 Å². The van der Waals surface area contributed by atoms with Crippen LogP contribution in [0.15, 0.2) is 18.2 Å². The van der Waals surface area contributed by atoms with E-state index in [4.69, 9.17) is 5.26 Å². The summed E-state index contributed by atoms with van der Waals surface area (Å²) in [6.45, 7) is 8.81. The van der Waals surface area contributed by atoms with Gasteiger partial charge in [-0.3, -0.25) is 0 Å². The maximum Gasteiger partial charge on any atom is 0.101 e.